The predicted octanol–water partition coefficient (Wildman–Crippen LogP) is 2.64. The van der Waals surface area contributed by atoms with E-state index in [-0.39, 0.29) is 11.9 Å². The van der Waals surface area contributed by atoms with E-state index in [1.165, 1.54) is 12.8 Å². The third kappa shape index (κ3) is 2.92. The number of hydrogen-bond acceptors (Lipinski definition) is 3. The molecule has 0 radical (unpaired) electrons. The lowest BCUT2D eigenvalue weighted by Gasteiger charge is -2.30. The first-order valence-electron chi connectivity index (χ1n) is 8.90. The molecule has 0 spiro atoms. The van der Waals surface area contributed by atoms with Gasteiger partial charge in [-0.25, -0.2) is 0 Å². The molecule has 122 valence electrons. The van der Waals surface area contributed by atoms with E-state index in [9.17, 15) is 4.79 Å². The van der Waals surface area contributed by atoms with Crippen molar-refractivity contribution < 1.29 is 4.79 Å². The van der Waals surface area contributed by atoms with Crippen LogP contribution in [0.25, 0.3) is 0 Å². The molecule has 3 heterocycles. The molecule has 1 aromatic heterocycles. The molecule has 1 unspecified atom stereocenters. The van der Waals surface area contributed by atoms with Gasteiger partial charge in [0.2, 0.25) is 5.91 Å². The van der Waals surface area contributed by atoms with Crippen molar-refractivity contribution in [3.8, 4) is 0 Å². The quantitative estimate of drug-likeness (QED) is 0.805. The van der Waals surface area contributed by atoms with E-state index in [1.807, 2.05) is 12.3 Å². The summed E-state index contributed by atoms with van der Waals surface area (Å²) in [5.41, 5.74) is 1.05. The SMILES string of the molecule is O=C(C(c1cccnc1)N1CCCC1)N1C[C@H]2CC=CC[C@H]2C1. The minimum absolute atomic E-state index is 0.140. The normalized spacial score (nSPS) is 28.8. The van der Waals surface area contributed by atoms with Gasteiger partial charge in [0, 0.05) is 25.5 Å². The third-order valence-corrected chi connectivity index (χ3v) is 5.67. The largest absolute Gasteiger partial charge is 0.340 e. The van der Waals surface area contributed by atoms with E-state index in [1.54, 1.807) is 6.20 Å². The van der Waals surface area contributed by atoms with Gasteiger partial charge in [-0.15, -0.1) is 0 Å². The van der Waals surface area contributed by atoms with Crippen molar-refractivity contribution in [2.24, 2.45) is 11.8 Å². The van der Waals surface area contributed by atoms with Crippen LogP contribution in [0.1, 0.15) is 37.3 Å². The van der Waals surface area contributed by atoms with E-state index in [0.717, 1.165) is 44.6 Å². The highest BCUT2D eigenvalue weighted by molar-refractivity contribution is 5.83. The Bertz CT molecular complexity index is 564. The molecule has 4 nitrogen and oxygen atoms in total. The van der Waals surface area contributed by atoms with Crippen LogP contribution in [-0.2, 0) is 4.79 Å². The summed E-state index contributed by atoms with van der Waals surface area (Å²) in [5, 5.41) is 0. The molecule has 3 atom stereocenters. The summed E-state index contributed by atoms with van der Waals surface area (Å²) in [7, 11) is 0. The summed E-state index contributed by atoms with van der Waals surface area (Å²) >= 11 is 0. The first-order valence-corrected chi connectivity index (χ1v) is 8.90. The van der Waals surface area contributed by atoms with Crippen molar-refractivity contribution in [1.29, 1.82) is 0 Å². The second-order valence-corrected chi connectivity index (χ2v) is 7.14. The number of allylic oxidation sites excluding steroid dienone is 2. The molecule has 1 aliphatic carbocycles. The third-order valence-electron chi connectivity index (χ3n) is 5.67. The Morgan fingerprint density at radius 3 is 2.43 bits per heavy atom. The van der Waals surface area contributed by atoms with Gasteiger partial charge in [0.05, 0.1) is 0 Å². The summed E-state index contributed by atoms with van der Waals surface area (Å²) in [6.45, 7) is 3.90. The van der Waals surface area contributed by atoms with Gasteiger partial charge in [-0.1, -0.05) is 18.2 Å². The van der Waals surface area contributed by atoms with Gasteiger partial charge in [-0.3, -0.25) is 14.7 Å². The number of amides is 1. The minimum Gasteiger partial charge on any atom is -0.340 e. The van der Waals surface area contributed by atoms with Gasteiger partial charge in [0.15, 0.2) is 0 Å². The Kier molecular flexibility index (Phi) is 4.17. The molecular weight excluding hydrogens is 286 g/mol. The van der Waals surface area contributed by atoms with Crippen molar-refractivity contribution >= 4 is 5.91 Å². The van der Waals surface area contributed by atoms with Crippen LogP contribution in [0.4, 0.5) is 0 Å². The average Bonchev–Trinajstić information content (AvgIpc) is 3.25. The second-order valence-electron chi connectivity index (χ2n) is 7.14. The molecule has 2 fully saturated rings. The molecule has 4 heteroatoms. The van der Waals surface area contributed by atoms with Crippen LogP contribution in [0.5, 0.6) is 0 Å². The maximum atomic E-state index is 13.3. The molecule has 1 aromatic rings. The van der Waals surface area contributed by atoms with E-state index in [0.29, 0.717) is 11.8 Å². The summed E-state index contributed by atoms with van der Waals surface area (Å²) in [4.78, 5) is 22.0. The Balaban J connectivity index is 1.55. The van der Waals surface area contributed by atoms with Crippen LogP contribution in [0.2, 0.25) is 0 Å². The molecular formula is C19H25N3O. The molecule has 3 aliphatic rings. The minimum atomic E-state index is -0.140. The highest BCUT2D eigenvalue weighted by Crippen LogP contribution is 2.35. The number of carbonyl (C=O) groups is 1. The number of nitrogens with zero attached hydrogens (tertiary/aromatic N) is 3. The fourth-order valence-electron chi connectivity index (χ4n) is 4.41. The molecule has 0 N–H and O–H groups in total. The summed E-state index contributed by atoms with van der Waals surface area (Å²) in [6.07, 6.45) is 12.9. The Morgan fingerprint density at radius 1 is 1.13 bits per heavy atom. The van der Waals surface area contributed by atoms with Crippen LogP contribution < -0.4 is 0 Å². The first kappa shape index (κ1) is 14.9. The van der Waals surface area contributed by atoms with Crippen LogP contribution in [0.3, 0.4) is 0 Å². The number of likely N-dealkylation sites (tertiary alicyclic amines) is 2. The van der Waals surface area contributed by atoms with Gasteiger partial charge < -0.3 is 4.90 Å². The molecule has 4 rings (SSSR count). The van der Waals surface area contributed by atoms with Crippen LogP contribution in [-0.4, -0.2) is 46.9 Å². The molecule has 2 aliphatic heterocycles. The zero-order chi connectivity index (χ0) is 15.6. The van der Waals surface area contributed by atoms with Crippen molar-refractivity contribution in [2.75, 3.05) is 26.2 Å². The van der Waals surface area contributed by atoms with Crippen LogP contribution in [0.15, 0.2) is 36.7 Å². The Hall–Kier alpha value is -1.68. The lowest BCUT2D eigenvalue weighted by atomic mass is 9.86. The van der Waals surface area contributed by atoms with Gasteiger partial charge in [-0.05, 0) is 62.2 Å². The molecule has 2 saturated heterocycles. The number of carbonyl (C=O) groups excluding carboxylic acids is 1. The molecule has 0 aromatic carbocycles. The smallest absolute Gasteiger partial charge is 0.244 e. The zero-order valence-corrected chi connectivity index (χ0v) is 13.6. The number of fused-ring (bicyclic) bond motifs is 1. The van der Waals surface area contributed by atoms with Gasteiger partial charge in [0.1, 0.15) is 6.04 Å². The van der Waals surface area contributed by atoms with E-state index in [2.05, 4.69) is 33.0 Å². The zero-order valence-electron chi connectivity index (χ0n) is 13.6. The van der Waals surface area contributed by atoms with Crippen molar-refractivity contribution in [1.82, 2.24) is 14.8 Å². The standard InChI is InChI=1S/C19H25N3O/c23-19(22-13-16-6-1-2-7-17(16)14-22)18(21-10-3-4-11-21)15-8-5-9-20-12-15/h1-2,5,8-9,12,16-18H,3-4,6-7,10-11,13-14H2/t16-,17+,18?. The lowest BCUT2D eigenvalue weighted by molar-refractivity contribution is -0.136. The summed E-state index contributed by atoms with van der Waals surface area (Å²) in [6, 6.07) is 3.86. The Morgan fingerprint density at radius 2 is 1.83 bits per heavy atom. The Labute approximate surface area is 138 Å². The van der Waals surface area contributed by atoms with Crippen LogP contribution in [0, 0.1) is 11.8 Å². The molecule has 0 bridgehead atoms. The number of aromatic nitrogens is 1. The maximum Gasteiger partial charge on any atom is 0.244 e. The van der Waals surface area contributed by atoms with Crippen molar-refractivity contribution in [2.45, 2.75) is 31.7 Å². The van der Waals surface area contributed by atoms with E-state index >= 15 is 0 Å². The maximum absolute atomic E-state index is 13.3. The fraction of sp³-hybridized carbons (Fsp3) is 0.579. The van der Waals surface area contributed by atoms with Crippen molar-refractivity contribution in [3.63, 3.8) is 0 Å². The predicted molar refractivity (Wildman–Crippen MR) is 89.7 cm³/mol. The van der Waals surface area contributed by atoms with Gasteiger partial charge in [-0.2, -0.15) is 0 Å². The first-order chi connectivity index (χ1) is 11.3. The summed E-state index contributed by atoms with van der Waals surface area (Å²) < 4.78 is 0. The van der Waals surface area contributed by atoms with Crippen molar-refractivity contribution in [3.05, 3.63) is 42.2 Å². The highest BCUT2D eigenvalue weighted by Gasteiger charge is 2.40. The second kappa shape index (κ2) is 6.44. The number of pyridine rings is 1. The summed E-state index contributed by atoms with van der Waals surface area (Å²) in [5.74, 6) is 1.61. The average molecular weight is 311 g/mol. The topological polar surface area (TPSA) is 36.4 Å². The molecule has 23 heavy (non-hydrogen) atoms. The van der Waals surface area contributed by atoms with E-state index in [4.69, 9.17) is 0 Å². The number of rotatable bonds is 3. The fourth-order valence-corrected chi connectivity index (χ4v) is 4.41. The number of hydrogen-bond donors (Lipinski definition) is 0. The van der Waals surface area contributed by atoms with Crippen LogP contribution >= 0.6 is 0 Å². The van der Waals surface area contributed by atoms with E-state index < -0.39 is 0 Å². The monoisotopic (exact) mass is 311 g/mol. The van der Waals surface area contributed by atoms with Gasteiger partial charge >= 0.3 is 0 Å². The van der Waals surface area contributed by atoms with Gasteiger partial charge in [0.25, 0.3) is 0 Å². The lowest BCUT2D eigenvalue weighted by Crippen LogP contribution is -2.41. The highest BCUT2D eigenvalue weighted by atomic mass is 16.2. The molecule has 1 amide bonds. The molecule has 0 saturated carbocycles.